The summed E-state index contributed by atoms with van der Waals surface area (Å²) < 4.78 is 31.3. The molecule has 0 amide bonds. The number of ether oxygens (including phenoxy) is 1. The molecule has 9 heteroatoms. The Bertz CT molecular complexity index is 726. The number of fused-ring (bicyclic) bond motifs is 2. The van der Waals surface area contributed by atoms with Crippen LogP contribution in [0.25, 0.3) is 0 Å². The highest BCUT2D eigenvalue weighted by Crippen LogP contribution is 2.34. The van der Waals surface area contributed by atoms with Gasteiger partial charge in [-0.25, -0.2) is 8.42 Å². The molecule has 2 aliphatic heterocycles. The molecule has 3 rings (SSSR count). The summed E-state index contributed by atoms with van der Waals surface area (Å²) in [4.78, 5) is 4.25. The zero-order chi connectivity index (χ0) is 17.2. The van der Waals surface area contributed by atoms with Gasteiger partial charge in [-0.2, -0.15) is 0 Å². The highest BCUT2D eigenvalue weighted by molar-refractivity contribution is 14.0. The molecule has 0 radical (unpaired) electrons. The molecule has 2 bridgehead atoms. The fourth-order valence-electron chi connectivity index (χ4n) is 3.31. The van der Waals surface area contributed by atoms with Gasteiger partial charge < -0.3 is 15.4 Å². The fourth-order valence-corrected chi connectivity index (χ4v) is 3.91. The Morgan fingerprint density at radius 3 is 2.68 bits per heavy atom. The van der Waals surface area contributed by atoms with Gasteiger partial charge in [0.15, 0.2) is 5.96 Å². The molecule has 0 aliphatic carbocycles. The predicted octanol–water partition coefficient (Wildman–Crippen LogP) is 1.66. The maximum atomic E-state index is 11.5. The minimum atomic E-state index is -3.31. The van der Waals surface area contributed by atoms with Crippen LogP contribution in [0.3, 0.4) is 0 Å². The third-order valence-corrected chi connectivity index (χ3v) is 5.00. The molecule has 2 fully saturated rings. The Labute approximate surface area is 166 Å². The molecule has 2 aliphatic rings. The van der Waals surface area contributed by atoms with Crippen LogP contribution in [0.1, 0.15) is 24.8 Å². The number of nitrogens with one attached hydrogen (secondary N) is 3. The summed E-state index contributed by atoms with van der Waals surface area (Å²) in [7, 11) is -1.58. The van der Waals surface area contributed by atoms with Gasteiger partial charge >= 0.3 is 0 Å². The van der Waals surface area contributed by atoms with Crippen LogP contribution in [0.4, 0.5) is 5.69 Å². The van der Waals surface area contributed by atoms with Crippen molar-refractivity contribution in [1.82, 2.24) is 10.6 Å². The number of hydrogen-bond acceptors (Lipinski definition) is 4. The first kappa shape index (κ1) is 20.2. The molecular formula is C16H25IN4O3S. The number of aliphatic imine (C=N–C) groups is 1. The van der Waals surface area contributed by atoms with Crippen molar-refractivity contribution < 1.29 is 13.2 Å². The molecule has 3 atom stereocenters. The number of rotatable bonds is 5. The molecule has 0 aromatic heterocycles. The number of guanidine groups is 1. The van der Waals surface area contributed by atoms with Crippen molar-refractivity contribution >= 4 is 45.6 Å². The topological polar surface area (TPSA) is 91.8 Å². The Morgan fingerprint density at radius 2 is 2.08 bits per heavy atom. The van der Waals surface area contributed by atoms with Gasteiger partial charge in [0, 0.05) is 13.6 Å². The van der Waals surface area contributed by atoms with E-state index in [1.807, 2.05) is 12.1 Å². The number of nitrogens with zero attached hydrogens (tertiary/aromatic N) is 1. The smallest absolute Gasteiger partial charge is 0.229 e. The number of anilines is 1. The molecule has 25 heavy (non-hydrogen) atoms. The van der Waals surface area contributed by atoms with Crippen LogP contribution in [-0.2, 0) is 21.3 Å². The summed E-state index contributed by atoms with van der Waals surface area (Å²) in [5.41, 5.74) is 1.43. The van der Waals surface area contributed by atoms with Crippen molar-refractivity contribution in [2.24, 2.45) is 4.99 Å². The van der Waals surface area contributed by atoms with Crippen LogP contribution in [0.15, 0.2) is 29.3 Å². The van der Waals surface area contributed by atoms with Gasteiger partial charge in [0.1, 0.15) is 0 Å². The lowest BCUT2D eigenvalue weighted by molar-refractivity contribution is 0.0992. The van der Waals surface area contributed by atoms with Crippen molar-refractivity contribution in [1.29, 1.82) is 0 Å². The number of halogens is 1. The van der Waals surface area contributed by atoms with Gasteiger partial charge in [0.25, 0.3) is 0 Å². The molecule has 3 unspecified atom stereocenters. The van der Waals surface area contributed by atoms with Crippen molar-refractivity contribution in [2.75, 3.05) is 18.0 Å². The second kappa shape index (κ2) is 8.54. The van der Waals surface area contributed by atoms with E-state index in [2.05, 4.69) is 20.3 Å². The van der Waals surface area contributed by atoms with E-state index in [9.17, 15) is 8.42 Å². The van der Waals surface area contributed by atoms with Crippen LogP contribution in [0, 0.1) is 0 Å². The molecule has 1 aromatic carbocycles. The first-order valence-corrected chi connectivity index (χ1v) is 10.0. The summed E-state index contributed by atoms with van der Waals surface area (Å²) in [6, 6.07) is 7.60. The minimum absolute atomic E-state index is 0. The van der Waals surface area contributed by atoms with E-state index >= 15 is 0 Å². The summed E-state index contributed by atoms with van der Waals surface area (Å²) >= 11 is 0. The molecule has 2 heterocycles. The fraction of sp³-hybridized carbons (Fsp3) is 0.562. The van der Waals surface area contributed by atoms with Gasteiger partial charge in [-0.15, -0.1) is 24.0 Å². The normalized spacial score (nSPS) is 25.4. The number of para-hydroxylation sites is 1. The Hall–Kier alpha value is -1.07. The quantitative estimate of drug-likeness (QED) is 0.339. The van der Waals surface area contributed by atoms with E-state index in [-0.39, 0.29) is 30.1 Å². The van der Waals surface area contributed by atoms with Gasteiger partial charge in [-0.3, -0.25) is 9.71 Å². The third kappa shape index (κ3) is 5.45. The second-order valence-electron chi connectivity index (χ2n) is 6.32. The first-order chi connectivity index (χ1) is 11.4. The van der Waals surface area contributed by atoms with E-state index in [4.69, 9.17) is 4.74 Å². The van der Waals surface area contributed by atoms with Crippen LogP contribution < -0.4 is 15.4 Å². The van der Waals surface area contributed by atoms with Crippen LogP contribution in [-0.4, -0.2) is 45.9 Å². The summed E-state index contributed by atoms with van der Waals surface area (Å²) in [5.74, 6) is 0.699. The average Bonchev–Trinajstić information content (AvgIpc) is 3.14. The van der Waals surface area contributed by atoms with E-state index in [0.29, 0.717) is 30.3 Å². The molecule has 1 aromatic rings. The predicted molar refractivity (Wildman–Crippen MR) is 110 cm³/mol. The van der Waals surface area contributed by atoms with E-state index in [0.717, 1.165) is 31.1 Å². The zero-order valence-electron chi connectivity index (χ0n) is 14.4. The van der Waals surface area contributed by atoms with Gasteiger partial charge in [-0.05, 0) is 30.9 Å². The summed E-state index contributed by atoms with van der Waals surface area (Å²) in [5, 5.41) is 6.66. The Kier molecular flexibility index (Phi) is 6.92. The lowest BCUT2D eigenvalue weighted by atomic mass is 9.96. The van der Waals surface area contributed by atoms with Crippen molar-refractivity contribution in [3.63, 3.8) is 0 Å². The van der Waals surface area contributed by atoms with Gasteiger partial charge in [-0.1, -0.05) is 18.2 Å². The summed E-state index contributed by atoms with van der Waals surface area (Å²) in [6.07, 6.45) is 5.06. The largest absolute Gasteiger partial charge is 0.373 e. The van der Waals surface area contributed by atoms with Crippen molar-refractivity contribution in [3.05, 3.63) is 29.8 Å². The molecule has 7 nitrogen and oxygen atoms in total. The lowest BCUT2D eigenvalue weighted by Gasteiger charge is -2.23. The molecule has 0 spiro atoms. The highest BCUT2D eigenvalue weighted by atomic mass is 127. The molecular weight excluding hydrogens is 455 g/mol. The standard InChI is InChI=1S/C16H24N4O3S.HI/c1-17-16(19-14-9-12-7-8-15(14)23-12)18-10-11-5-3-4-6-13(11)20-24(2,21)22;/h3-6,12,14-15,20H,7-10H2,1-2H3,(H2,17,18,19);1H. The second-order valence-corrected chi connectivity index (χ2v) is 8.07. The first-order valence-electron chi connectivity index (χ1n) is 8.13. The average molecular weight is 480 g/mol. The van der Waals surface area contributed by atoms with Gasteiger partial charge in [0.2, 0.25) is 10.0 Å². The molecule has 140 valence electrons. The molecule has 3 N–H and O–H groups in total. The SMILES string of the molecule is CN=C(NCc1ccccc1NS(C)(=O)=O)NC1CC2CCC1O2.I. The highest BCUT2D eigenvalue weighted by Gasteiger charge is 2.41. The number of benzene rings is 1. The summed E-state index contributed by atoms with van der Waals surface area (Å²) in [6.45, 7) is 0.472. The van der Waals surface area contributed by atoms with E-state index in [1.165, 1.54) is 0 Å². The maximum Gasteiger partial charge on any atom is 0.229 e. The molecule has 0 saturated carbocycles. The zero-order valence-corrected chi connectivity index (χ0v) is 17.5. The van der Waals surface area contributed by atoms with E-state index in [1.54, 1.807) is 19.2 Å². The minimum Gasteiger partial charge on any atom is -0.373 e. The van der Waals surface area contributed by atoms with Gasteiger partial charge in [0.05, 0.1) is 30.2 Å². The number of sulfonamides is 1. The molecule has 2 saturated heterocycles. The van der Waals surface area contributed by atoms with Crippen molar-refractivity contribution in [2.45, 2.75) is 44.1 Å². The van der Waals surface area contributed by atoms with Crippen LogP contribution in [0.2, 0.25) is 0 Å². The lowest BCUT2D eigenvalue weighted by Crippen LogP contribution is -2.47. The van der Waals surface area contributed by atoms with E-state index < -0.39 is 10.0 Å². The maximum absolute atomic E-state index is 11.5. The number of hydrogen-bond donors (Lipinski definition) is 3. The monoisotopic (exact) mass is 480 g/mol. The van der Waals surface area contributed by atoms with Crippen LogP contribution in [0.5, 0.6) is 0 Å². The third-order valence-electron chi connectivity index (χ3n) is 4.41. The Morgan fingerprint density at radius 1 is 1.32 bits per heavy atom. The Balaban J connectivity index is 0.00000225. The van der Waals surface area contributed by atoms with Crippen LogP contribution >= 0.6 is 24.0 Å². The van der Waals surface area contributed by atoms with Crippen molar-refractivity contribution in [3.8, 4) is 0 Å².